The molecule has 0 saturated heterocycles. The van der Waals surface area contributed by atoms with Crippen LogP contribution in [-0.2, 0) is 0 Å². The average Bonchev–Trinajstić information content (AvgIpc) is 3.01. The number of fused-ring (bicyclic) bond motifs is 4. The van der Waals surface area contributed by atoms with Crippen LogP contribution in [0.5, 0.6) is 0 Å². The molecule has 0 aliphatic heterocycles. The summed E-state index contributed by atoms with van der Waals surface area (Å²) in [6.07, 6.45) is 0. The maximum atomic E-state index is 6.16. The molecule has 1 nitrogen and oxygen atoms in total. The van der Waals surface area contributed by atoms with E-state index >= 15 is 0 Å². The second-order valence-electron chi connectivity index (χ2n) is 5.81. The minimum atomic E-state index is 0.586. The molecule has 0 aliphatic carbocycles. The summed E-state index contributed by atoms with van der Waals surface area (Å²) in [5, 5.41) is 5.07. The molecule has 4 aromatic carbocycles. The van der Waals surface area contributed by atoms with Gasteiger partial charge in [-0.25, -0.2) is 4.98 Å². The van der Waals surface area contributed by atoms with Crippen molar-refractivity contribution in [3.63, 3.8) is 0 Å². The van der Waals surface area contributed by atoms with Gasteiger partial charge in [0.25, 0.3) is 0 Å². The zero-order chi connectivity index (χ0) is 16.1. The molecule has 24 heavy (non-hydrogen) atoms. The van der Waals surface area contributed by atoms with Crippen molar-refractivity contribution >= 4 is 54.7 Å². The first kappa shape index (κ1) is 14.0. The van der Waals surface area contributed by atoms with Crippen molar-refractivity contribution in [2.24, 2.45) is 0 Å². The predicted octanol–water partition coefficient (Wildman–Crippen LogP) is 6.92. The molecule has 0 amide bonds. The van der Waals surface area contributed by atoms with Gasteiger partial charge in [0.15, 0.2) is 4.47 Å². The third-order valence-electron chi connectivity index (χ3n) is 4.45. The molecule has 1 aromatic heterocycles. The highest BCUT2D eigenvalue weighted by Gasteiger charge is 2.12. The number of thiazole rings is 1. The van der Waals surface area contributed by atoms with Crippen LogP contribution in [0.15, 0.2) is 72.8 Å². The second kappa shape index (κ2) is 5.30. The number of hydrogen-bond donors (Lipinski definition) is 0. The number of benzene rings is 4. The van der Waals surface area contributed by atoms with Gasteiger partial charge in [0.1, 0.15) is 0 Å². The first-order chi connectivity index (χ1) is 11.8. The Morgan fingerprint density at radius 2 is 1.46 bits per heavy atom. The first-order valence-corrected chi connectivity index (χ1v) is 8.96. The molecule has 1 heterocycles. The van der Waals surface area contributed by atoms with Crippen molar-refractivity contribution in [1.82, 2.24) is 4.98 Å². The lowest BCUT2D eigenvalue weighted by atomic mass is 9.94. The lowest BCUT2D eigenvalue weighted by molar-refractivity contribution is 1.50. The van der Waals surface area contributed by atoms with Crippen LogP contribution in [0.2, 0.25) is 4.47 Å². The van der Waals surface area contributed by atoms with Crippen molar-refractivity contribution in [2.75, 3.05) is 0 Å². The highest BCUT2D eigenvalue weighted by molar-refractivity contribution is 7.22. The van der Waals surface area contributed by atoms with Gasteiger partial charge < -0.3 is 0 Å². The van der Waals surface area contributed by atoms with Gasteiger partial charge in [-0.3, -0.25) is 0 Å². The summed E-state index contributed by atoms with van der Waals surface area (Å²) in [4.78, 5) is 4.43. The molecule has 3 heteroatoms. The van der Waals surface area contributed by atoms with E-state index in [2.05, 4.69) is 71.7 Å². The molecule has 0 bridgehead atoms. The Bertz CT molecular complexity index is 1220. The standard InChI is InChI=1S/C21H12ClNS/c22-21-23-18-10-4-9-17(20(18)24-21)16-8-3-6-14-12-11-13-5-1-2-7-15(13)19(14)16/h1-12H. The normalized spacial score (nSPS) is 11.5. The smallest absolute Gasteiger partial charge is 0.184 e. The van der Waals surface area contributed by atoms with E-state index < -0.39 is 0 Å². The molecule has 0 aliphatic rings. The summed E-state index contributed by atoms with van der Waals surface area (Å²) < 4.78 is 1.73. The quantitative estimate of drug-likeness (QED) is 0.300. The molecule has 114 valence electrons. The maximum absolute atomic E-state index is 6.16. The molecule has 0 saturated carbocycles. The Labute approximate surface area is 148 Å². The summed E-state index contributed by atoms with van der Waals surface area (Å²) in [6.45, 7) is 0. The predicted molar refractivity (Wildman–Crippen MR) is 105 cm³/mol. The van der Waals surface area contributed by atoms with Crippen LogP contribution in [0.1, 0.15) is 0 Å². The number of halogens is 1. The van der Waals surface area contributed by atoms with Crippen molar-refractivity contribution in [3.05, 3.63) is 77.3 Å². The molecule has 5 rings (SSSR count). The third kappa shape index (κ3) is 2.04. The molecule has 0 atom stereocenters. The lowest BCUT2D eigenvalue weighted by Crippen LogP contribution is -1.84. The minimum absolute atomic E-state index is 0.586. The van der Waals surface area contributed by atoms with E-state index in [1.807, 2.05) is 6.07 Å². The summed E-state index contributed by atoms with van der Waals surface area (Å²) in [5.41, 5.74) is 3.38. The highest BCUT2D eigenvalue weighted by Crippen LogP contribution is 2.40. The summed E-state index contributed by atoms with van der Waals surface area (Å²) >= 11 is 7.71. The molecule has 0 fully saturated rings. The highest BCUT2D eigenvalue weighted by atomic mass is 35.5. The van der Waals surface area contributed by atoms with Gasteiger partial charge >= 0.3 is 0 Å². The van der Waals surface area contributed by atoms with Crippen LogP contribution in [0.3, 0.4) is 0 Å². The molecular weight excluding hydrogens is 334 g/mol. The van der Waals surface area contributed by atoms with E-state index in [0.717, 1.165) is 10.2 Å². The Balaban J connectivity index is 1.97. The van der Waals surface area contributed by atoms with E-state index in [0.29, 0.717) is 4.47 Å². The van der Waals surface area contributed by atoms with Gasteiger partial charge in [0.05, 0.1) is 10.2 Å². The van der Waals surface area contributed by atoms with Gasteiger partial charge in [0.2, 0.25) is 0 Å². The first-order valence-electron chi connectivity index (χ1n) is 7.77. The molecule has 0 radical (unpaired) electrons. The molecule has 5 aromatic rings. The Kier molecular flexibility index (Phi) is 3.09. The van der Waals surface area contributed by atoms with Crippen molar-refractivity contribution < 1.29 is 0 Å². The Morgan fingerprint density at radius 3 is 2.42 bits per heavy atom. The maximum Gasteiger partial charge on any atom is 0.184 e. The number of aromatic nitrogens is 1. The van der Waals surface area contributed by atoms with Crippen LogP contribution in [-0.4, -0.2) is 4.98 Å². The number of rotatable bonds is 1. The van der Waals surface area contributed by atoms with Crippen LogP contribution in [0.4, 0.5) is 0 Å². The lowest BCUT2D eigenvalue weighted by Gasteiger charge is -2.11. The molecule has 0 N–H and O–H groups in total. The van der Waals surface area contributed by atoms with E-state index in [1.54, 1.807) is 11.3 Å². The van der Waals surface area contributed by atoms with E-state index in [-0.39, 0.29) is 0 Å². The summed E-state index contributed by atoms with van der Waals surface area (Å²) in [5.74, 6) is 0. The van der Waals surface area contributed by atoms with Crippen molar-refractivity contribution in [3.8, 4) is 11.1 Å². The van der Waals surface area contributed by atoms with Crippen LogP contribution in [0.25, 0.3) is 42.9 Å². The Morgan fingerprint density at radius 1 is 0.708 bits per heavy atom. The van der Waals surface area contributed by atoms with Crippen LogP contribution >= 0.6 is 22.9 Å². The SMILES string of the molecule is Clc1nc2cccc(-c3cccc4ccc5ccccc5c34)c2s1. The molecule has 0 spiro atoms. The monoisotopic (exact) mass is 345 g/mol. The summed E-state index contributed by atoms with van der Waals surface area (Å²) in [7, 11) is 0. The van der Waals surface area contributed by atoms with Crippen molar-refractivity contribution in [2.45, 2.75) is 0 Å². The van der Waals surface area contributed by atoms with Crippen LogP contribution < -0.4 is 0 Å². The zero-order valence-electron chi connectivity index (χ0n) is 12.7. The third-order valence-corrected chi connectivity index (χ3v) is 5.66. The molecule has 0 unspecified atom stereocenters. The summed E-state index contributed by atoms with van der Waals surface area (Å²) in [6, 6.07) is 25.6. The fraction of sp³-hybridized carbons (Fsp3) is 0. The van der Waals surface area contributed by atoms with Gasteiger partial charge in [-0.05, 0) is 33.2 Å². The largest absolute Gasteiger partial charge is 0.225 e. The van der Waals surface area contributed by atoms with Crippen LogP contribution in [0, 0.1) is 0 Å². The van der Waals surface area contributed by atoms with E-state index in [1.165, 1.54) is 32.7 Å². The van der Waals surface area contributed by atoms with Gasteiger partial charge in [-0.15, -0.1) is 11.3 Å². The fourth-order valence-corrected chi connectivity index (χ4v) is 4.56. The van der Waals surface area contributed by atoms with Gasteiger partial charge in [-0.1, -0.05) is 78.3 Å². The van der Waals surface area contributed by atoms with E-state index in [9.17, 15) is 0 Å². The second-order valence-corrected chi connectivity index (χ2v) is 7.39. The number of nitrogens with zero attached hydrogens (tertiary/aromatic N) is 1. The average molecular weight is 346 g/mol. The topological polar surface area (TPSA) is 12.9 Å². The van der Waals surface area contributed by atoms with Crippen molar-refractivity contribution in [1.29, 1.82) is 0 Å². The Hall–Kier alpha value is -2.42. The molecular formula is C21H12ClNS. The van der Waals surface area contributed by atoms with E-state index in [4.69, 9.17) is 11.6 Å². The van der Waals surface area contributed by atoms with Gasteiger partial charge in [-0.2, -0.15) is 0 Å². The number of hydrogen-bond acceptors (Lipinski definition) is 2. The zero-order valence-corrected chi connectivity index (χ0v) is 14.2. The fourth-order valence-electron chi connectivity index (χ4n) is 3.42. The minimum Gasteiger partial charge on any atom is -0.225 e. The van der Waals surface area contributed by atoms with Gasteiger partial charge in [0, 0.05) is 5.56 Å².